The first-order chi connectivity index (χ1) is 8.68. The summed E-state index contributed by atoms with van der Waals surface area (Å²) >= 11 is 5.77. The molecule has 1 amide bonds. The minimum absolute atomic E-state index is 0.187. The van der Waals surface area contributed by atoms with Crippen molar-refractivity contribution < 1.29 is 4.79 Å². The highest BCUT2D eigenvalue weighted by molar-refractivity contribution is 6.28. The molecule has 2 heterocycles. The van der Waals surface area contributed by atoms with Crippen molar-refractivity contribution in [3.05, 3.63) is 47.3 Å². The number of halogens is 1. The Labute approximate surface area is 110 Å². The van der Waals surface area contributed by atoms with Crippen LogP contribution < -0.4 is 5.32 Å². The summed E-state index contributed by atoms with van der Waals surface area (Å²) in [6.45, 7) is 0.526. The average Bonchev–Trinajstić information content (AvgIpc) is 2.71. The highest BCUT2D eigenvalue weighted by Crippen LogP contribution is 2.07. The Bertz CT molecular complexity index is 538. The van der Waals surface area contributed by atoms with Crippen LogP contribution in [0.3, 0.4) is 0 Å². The molecule has 0 aliphatic rings. The predicted molar refractivity (Wildman–Crippen MR) is 68.5 cm³/mol. The minimum atomic E-state index is -0.187. The van der Waals surface area contributed by atoms with E-state index in [1.54, 1.807) is 13.2 Å². The van der Waals surface area contributed by atoms with E-state index in [-0.39, 0.29) is 5.91 Å². The number of carbonyl (C=O) groups is 1. The van der Waals surface area contributed by atoms with Crippen LogP contribution >= 0.6 is 11.6 Å². The predicted octanol–water partition coefficient (Wildman–Crippen LogP) is 1.44. The Morgan fingerprint density at radius 2 is 2.28 bits per heavy atom. The third-order valence-electron chi connectivity index (χ3n) is 2.56. The largest absolute Gasteiger partial charge is 0.350 e. The number of nitrogens with zero attached hydrogens (tertiary/aromatic N) is 3. The number of hydrogen-bond donors (Lipinski definition) is 1. The molecule has 0 aromatic carbocycles. The maximum atomic E-state index is 11.8. The van der Waals surface area contributed by atoms with Gasteiger partial charge in [-0.1, -0.05) is 6.07 Å². The highest BCUT2D eigenvalue weighted by Gasteiger charge is 2.11. The van der Waals surface area contributed by atoms with Gasteiger partial charge >= 0.3 is 0 Å². The van der Waals surface area contributed by atoms with Gasteiger partial charge in [0.05, 0.1) is 6.20 Å². The zero-order valence-electron chi connectivity index (χ0n) is 9.93. The lowest BCUT2D eigenvalue weighted by molar-refractivity contribution is 0.0946. The normalized spacial score (nSPS) is 10.3. The summed E-state index contributed by atoms with van der Waals surface area (Å²) in [4.78, 5) is 19.9. The van der Waals surface area contributed by atoms with E-state index in [1.807, 2.05) is 18.2 Å². The van der Waals surface area contributed by atoms with Gasteiger partial charge in [0.1, 0.15) is 5.69 Å². The lowest BCUT2D eigenvalue weighted by Crippen LogP contribution is -2.27. The molecule has 0 spiro atoms. The zero-order chi connectivity index (χ0) is 13.0. The first kappa shape index (κ1) is 12.6. The minimum Gasteiger partial charge on any atom is -0.350 e. The molecule has 18 heavy (non-hydrogen) atoms. The molecule has 94 valence electrons. The number of imidazole rings is 1. The molecule has 0 radical (unpaired) electrons. The summed E-state index contributed by atoms with van der Waals surface area (Å²) in [6, 6.07) is 5.71. The number of pyridine rings is 1. The number of carbonyl (C=O) groups excluding carboxylic acids is 1. The lowest BCUT2D eigenvalue weighted by atomic mass is 10.2. The maximum Gasteiger partial charge on any atom is 0.269 e. The van der Waals surface area contributed by atoms with Crippen molar-refractivity contribution in [3.63, 3.8) is 0 Å². The van der Waals surface area contributed by atoms with E-state index in [1.165, 1.54) is 10.8 Å². The molecule has 0 saturated carbocycles. The van der Waals surface area contributed by atoms with Crippen LogP contribution in [0.1, 0.15) is 16.2 Å². The van der Waals surface area contributed by atoms with Crippen LogP contribution in [0.2, 0.25) is 5.28 Å². The molecule has 2 rings (SSSR count). The van der Waals surface area contributed by atoms with E-state index in [2.05, 4.69) is 15.3 Å². The van der Waals surface area contributed by atoms with Crippen LogP contribution in [0.5, 0.6) is 0 Å². The molecule has 5 nitrogen and oxygen atoms in total. The Morgan fingerprint density at radius 3 is 2.89 bits per heavy atom. The summed E-state index contributed by atoms with van der Waals surface area (Å²) < 4.78 is 1.54. The van der Waals surface area contributed by atoms with Gasteiger partial charge in [0.25, 0.3) is 5.91 Å². The van der Waals surface area contributed by atoms with Gasteiger partial charge in [0.2, 0.25) is 5.28 Å². The molecule has 0 bridgehead atoms. The molecule has 6 heteroatoms. The fraction of sp³-hybridized carbons (Fsp3) is 0.250. The summed E-state index contributed by atoms with van der Waals surface area (Å²) in [5.74, 6) is -0.187. The van der Waals surface area contributed by atoms with Crippen LogP contribution in [0.25, 0.3) is 0 Å². The van der Waals surface area contributed by atoms with Crippen molar-refractivity contribution in [3.8, 4) is 0 Å². The van der Waals surface area contributed by atoms with E-state index < -0.39 is 0 Å². The molecular weight excluding hydrogens is 252 g/mol. The van der Waals surface area contributed by atoms with E-state index in [4.69, 9.17) is 11.6 Å². The van der Waals surface area contributed by atoms with Gasteiger partial charge in [-0.25, -0.2) is 4.98 Å². The van der Waals surface area contributed by atoms with Gasteiger partial charge in [-0.3, -0.25) is 9.78 Å². The topological polar surface area (TPSA) is 59.8 Å². The summed E-state index contributed by atoms with van der Waals surface area (Å²) in [5, 5.41) is 3.10. The van der Waals surface area contributed by atoms with Crippen LogP contribution in [0.15, 0.2) is 30.6 Å². The average molecular weight is 265 g/mol. The first-order valence-electron chi connectivity index (χ1n) is 5.54. The van der Waals surface area contributed by atoms with Gasteiger partial charge in [-0.05, 0) is 23.7 Å². The molecule has 0 aliphatic carbocycles. The zero-order valence-corrected chi connectivity index (χ0v) is 10.7. The first-order valence-corrected chi connectivity index (χ1v) is 5.91. The van der Waals surface area contributed by atoms with Gasteiger partial charge in [-0.15, -0.1) is 0 Å². The Kier molecular flexibility index (Phi) is 3.94. The Balaban J connectivity index is 1.88. The van der Waals surface area contributed by atoms with Gasteiger partial charge in [-0.2, -0.15) is 0 Å². The number of amides is 1. The standard InChI is InChI=1S/C12H13ClN4O/c1-17-10(8-16-12(17)13)11(18)15-7-5-9-4-2-3-6-14-9/h2-4,6,8H,5,7H2,1H3,(H,15,18). The van der Waals surface area contributed by atoms with Gasteiger partial charge in [0, 0.05) is 31.9 Å². The monoisotopic (exact) mass is 264 g/mol. The lowest BCUT2D eigenvalue weighted by Gasteiger charge is -2.05. The van der Waals surface area contributed by atoms with Crippen molar-refractivity contribution in [1.29, 1.82) is 0 Å². The van der Waals surface area contributed by atoms with Crippen LogP contribution in [-0.4, -0.2) is 27.0 Å². The second-order valence-electron chi connectivity index (χ2n) is 3.80. The van der Waals surface area contributed by atoms with Crippen molar-refractivity contribution in [2.24, 2.45) is 7.05 Å². The fourth-order valence-corrected chi connectivity index (χ4v) is 1.68. The molecule has 0 aliphatic heterocycles. The molecule has 0 saturated heterocycles. The van der Waals surface area contributed by atoms with Crippen molar-refractivity contribution >= 4 is 17.5 Å². The van der Waals surface area contributed by atoms with Crippen molar-refractivity contribution in [2.45, 2.75) is 6.42 Å². The second kappa shape index (κ2) is 5.64. The van der Waals surface area contributed by atoms with Gasteiger partial charge < -0.3 is 9.88 Å². The molecule has 0 fully saturated rings. The SMILES string of the molecule is Cn1c(C(=O)NCCc2ccccn2)cnc1Cl. The maximum absolute atomic E-state index is 11.8. The fourth-order valence-electron chi connectivity index (χ4n) is 1.54. The van der Waals surface area contributed by atoms with E-state index in [9.17, 15) is 4.79 Å². The summed E-state index contributed by atoms with van der Waals surface area (Å²) in [6.07, 6.45) is 3.88. The number of rotatable bonds is 4. The Morgan fingerprint density at radius 1 is 1.44 bits per heavy atom. The molecule has 2 aromatic rings. The molecule has 1 N–H and O–H groups in total. The molecule has 0 unspecified atom stereocenters. The highest BCUT2D eigenvalue weighted by atomic mass is 35.5. The quantitative estimate of drug-likeness (QED) is 0.909. The second-order valence-corrected chi connectivity index (χ2v) is 4.14. The van der Waals surface area contributed by atoms with Crippen LogP contribution in [0.4, 0.5) is 0 Å². The van der Waals surface area contributed by atoms with E-state index >= 15 is 0 Å². The van der Waals surface area contributed by atoms with E-state index in [0.29, 0.717) is 23.9 Å². The van der Waals surface area contributed by atoms with Gasteiger partial charge in [0.15, 0.2) is 0 Å². The van der Waals surface area contributed by atoms with Crippen LogP contribution in [0, 0.1) is 0 Å². The molecule has 2 aromatic heterocycles. The summed E-state index contributed by atoms with van der Waals surface area (Å²) in [5.41, 5.74) is 1.39. The molecule has 0 atom stereocenters. The number of hydrogen-bond acceptors (Lipinski definition) is 3. The van der Waals surface area contributed by atoms with Crippen molar-refractivity contribution in [2.75, 3.05) is 6.54 Å². The van der Waals surface area contributed by atoms with Crippen molar-refractivity contribution in [1.82, 2.24) is 19.9 Å². The number of nitrogens with one attached hydrogen (secondary N) is 1. The smallest absolute Gasteiger partial charge is 0.269 e. The molecular formula is C12H13ClN4O. The van der Waals surface area contributed by atoms with E-state index in [0.717, 1.165) is 5.69 Å². The third kappa shape index (κ3) is 2.87. The number of aromatic nitrogens is 3. The summed E-state index contributed by atoms with van der Waals surface area (Å²) in [7, 11) is 1.70. The third-order valence-corrected chi connectivity index (χ3v) is 2.91. The van der Waals surface area contributed by atoms with Crippen LogP contribution in [-0.2, 0) is 13.5 Å². The Hall–Kier alpha value is -1.88.